The van der Waals surface area contributed by atoms with E-state index in [1.165, 1.54) is 28.2 Å². The number of likely N-dealkylation sites (tertiary alicyclic amines) is 1. The Morgan fingerprint density at radius 3 is 2.58 bits per heavy atom. The van der Waals surface area contributed by atoms with E-state index in [-0.39, 0.29) is 36.0 Å². The summed E-state index contributed by atoms with van der Waals surface area (Å²) in [5.41, 5.74) is 0.0944. The Morgan fingerprint density at radius 1 is 1.15 bits per heavy atom. The van der Waals surface area contributed by atoms with Gasteiger partial charge in [0.05, 0.1) is 36.6 Å². The molecule has 134 valence electrons. The van der Waals surface area contributed by atoms with Crippen LogP contribution < -0.4 is 0 Å². The molecule has 0 bridgehead atoms. The van der Waals surface area contributed by atoms with Crippen molar-refractivity contribution in [2.75, 3.05) is 13.1 Å². The number of hydrogen-bond acceptors (Lipinski definition) is 3. The molecule has 0 radical (unpaired) electrons. The van der Waals surface area contributed by atoms with E-state index in [0.717, 1.165) is 5.56 Å². The molecule has 0 N–H and O–H groups in total. The second kappa shape index (κ2) is 6.37. The monoisotopic (exact) mass is 374 g/mol. The third-order valence-electron chi connectivity index (χ3n) is 4.65. The minimum Gasteiger partial charge on any atom is -0.332 e. The number of hydroxylamine groups is 2. The van der Waals surface area contributed by atoms with Crippen molar-refractivity contribution < 1.29 is 18.8 Å². The molecule has 2 aliphatic rings. The third kappa shape index (κ3) is 2.95. The Labute approximate surface area is 154 Å². The Balaban J connectivity index is 1.42. The number of hydrogen-bond donors (Lipinski definition) is 0. The molecule has 1 spiro atoms. The van der Waals surface area contributed by atoms with Gasteiger partial charge in [0.25, 0.3) is 5.91 Å². The van der Waals surface area contributed by atoms with E-state index in [2.05, 4.69) is 0 Å². The van der Waals surface area contributed by atoms with Crippen LogP contribution in [-0.2, 0) is 16.2 Å². The standard InChI is InChI=1S/C19H16ClFN2O3/c20-14-7-4-8-15(21)17(14)18(25)22-11-19(12-22)9-16(24)23(26-19)10-13-5-2-1-3-6-13/h1-8H,9-12H2. The fourth-order valence-corrected chi connectivity index (χ4v) is 3.62. The van der Waals surface area contributed by atoms with E-state index >= 15 is 0 Å². The van der Waals surface area contributed by atoms with E-state index in [1.54, 1.807) is 0 Å². The van der Waals surface area contributed by atoms with E-state index in [9.17, 15) is 14.0 Å². The van der Waals surface area contributed by atoms with Crippen molar-refractivity contribution in [2.45, 2.75) is 18.6 Å². The second-order valence-corrected chi connectivity index (χ2v) is 7.03. The first-order valence-corrected chi connectivity index (χ1v) is 8.62. The van der Waals surface area contributed by atoms with Gasteiger partial charge in [-0.1, -0.05) is 48.0 Å². The lowest BCUT2D eigenvalue weighted by molar-refractivity contribution is -0.233. The van der Waals surface area contributed by atoms with Crippen molar-refractivity contribution in [1.29, 1.82) is 0 Å². The summed E-state index contributed by atoms with van der Waals surface area (Å²) >= 11 is 5.96. The molecule has 2 aliphatic heterocycles. The Hall–Kier alpha value is -2.44. The summed E-state index contributed by atoms with van der Waals surface area (Å²) in [5, 5.41) is 1.41. The lowest BCUT2D eigenvalue weighted by Crippen LogP contribution is -2.63. The van der Waals surface area contributed by atoms with Crippen molar-refractivity contribution in [1.82, 2.24) is 9.96 Å². The minimum absolute atomic E-state index is 0.0741. The number of amides is 2. The molecule has 26 heavy (non-hydrogen) atoms. The highest BCUT2D eigenvalue weighted by atomic mass is 35.5. The number of nitrogens with zero attached hydrogens (tertiary/aromatic N) is 2. The van der Waals surface area contributed by atoms with Crippen molar-refractivity contribution in [3.63, 3.8) is 0 Å². The van der Waals surface area contributed by atoms with Gasteiger partial charge in [0.15, 0.2) is 0 Å². The maximum Gasteiger partial charge on any atom is 0.258 e. The van der Waals surface area contributed by atoms with Crippen LogP contribution in [0, 0.1) is 5.82 Å². The second-order valence-electron chi connectivity index (χ2n) is 6.62. The fraction of sp³-hybridized carbons (Fsp3) is 0.263. The maximum absolute atomic E-state index is 13.9. The Morgan fingerprint density at radius 2 is 1.88 bits per heavy atom. The van der Waals surface area contributed by atoms with Crippen LogP contribution in [0.2, 0.25) is 5.02 Å². The van der Waals surface area contributed by atoms with Gasteiger partial charge in [-0.05, 0) is 17.7 Å². The molecule has 2 saturated heterocycles. The van der Waals surface area contributed by atoms with E-state index in [4.69, 9.17) is 16.4 Å². The van der Waals surface area contributed by atoms with Gasteiger partial charge in [-0.3, -0.25) is 14.4 Å². The first-order chi connectivity index (χ1) is 12.5. The maximum atomic E-state index is 13.9. The summed E-state index contributed by atoms with van der Waals surface area (Å²) in [6, 6.07) is 13.7. The van der Waals surface area contributed by atoms with Gasteiger partial charge in [0.1, 0.15) is 11.4 Å². The Kier molecular flexibility index (Phi) is 4.17. The normalized spacial score (nSPS) is 18.3. The Bertz CT molecular complexity index is 848. The number of carbonyl (C=O) groups excluding carboxylic acids is 2. The SMILES string of the molecule is O=C(c1c(F)cccc1Cl)N1CC2(CC(=O)N(Cc3ccccc3)O2)C1. The number of benzene rings is 2. The summed E-state index contributed by atoms with van der Waals surface area (Å²) < 4.78 is 13.9. The molecule has 0 unspecified atom stereocenters. The zero-order valence-corrected chi connectivity index (χ0v) is 14.6. The number of rotatable bonds is 3. The zero-order valence-electron chi connectivity index (χ0n) is 13.8. The molecule has 2 heterocycles. The average Bonchev–Trinajstić information content (AvgIpc) is 2.91. The van der Waals surface area contributed by atoms with Gasteiger partial charge < -0.3 is 4.90 Å². The highest BCUT2D eigenvalue weighted by Gasteiger charge is 2.55. The predicted molar refractivity (Wildman–Crippen MR) is 92.7 cm³/mol. The molecule has 7 heteroatoms. The molecule has 2 amide bonds. The van der Waals surface area contributed by atoms with Crippen molar-refractivity contribution in [3.8, 4) is 0 Å². The summed E-state index contributed by atoms with van der Waals surface area (Å²) in [6.07, 6.45) is 0.203. The molecule has 0 aliphatic carbocycles. The summed E-state index contributed by atoms with van der Waals surface area (Å²) in [7, 11) is 0. The average molecular weight is 375 g/mol. The van der Waals surface area contributed by atoms with Gasteiger partial charge in [-0.15, -0.1) is 0 Å². The first-order valence-electron chi connectivity index (χ1n) is 8.24. The van der Waals surface area contributed by atoms with Crippen LogP contribution in [0.3, 0.4) is 0 Å². The van der Waals surface area contributed by atoms with Crippen LogP contribution in [-0.4, -0.2) is 40.5 Å². The fourth-order valence-electron chi connectivity index (χ4n) is 3.37. The summed E-state index contributed by atoms with van der Waals surface area (Å²) in [5.74, 6) is -1.27. The molecule has 0 saturated carbocycles. The third-order valence-corrected chi connectivity index (χ3v) is 4.96. The van der Waals surface area contributed by atoms with Gasteiger partial charge in [0, 0.05) is 0 Å². The number of halogens is 2. The number of carbonyl (C=O) groups is 2. The topological polar surface area (TPSA) is 49.9 Å². The first kappa shape index (κ1) is 17.0. The molecule has 2 aromatic rings. The minimum atomic E-state index is -0.723. The molecule has 2 fully saturated rings. The summed E-state index contributed by atoms with van der Waals surface area (Å²) in [4.78, 5) is 32.1. The highest BCUT2D eigenvalue weighted by Crippen LogP contribution is 2.37. The largest absolute Gasteiger partial charge is 0.332 e. The molecule has 4 rings (SSSR count). The molecule has 2 aromatic carbocycles. The van der Waals surface area contributed by atoms with E-state index < -0.39 is 17.3 Å². The molecule has 5 nitrogen and oxygen atoms in total. The highest BCUT2D eigenvalue weighted by molar-refractivity contribution is 6.33. The lowest BCUT2D eigenvalue weighted by Gasteiger charge is -2.45. The van der Waals surface area contributed by atoms with Crippen LogP contribution in [0.4, 0.5) is 4.39 Å². The van der Waals surface area contributed by atoms with Gasteiger partial charge >= 0.3 is 0 Å². The molecule has 0 atom stereocenters. The van der Waals surface area contributed by atoms with Gasteiger partial charge in [0.2, 0.25) is 5.91 Å². The zero-order chi connectivity index (χ0) is 18.3. The van der Waals surface area contributed by atoms with Crippen LogP contribution in [0.15, 0.2) is 48.5 Å². The molecule has 0 aromatic heterocycles. The predicted octanol–water partition coefficient (Wildman–Crippen LogP) is 3.04. The van der Waals surface area contributed by atoms with Crippen LogP contribution >= 0.6 is 11.6 Å². The van der Waals surface area contributed by atoms with Crippen LogP contribution in [0.1, 0.15) is 22.3 Å². The van der Waals surface area contributed by atoms with Crippen molar-refractivity contribution in [3.05, 3.63) is 70.5 Å². The van der Waals surface area contributed by atoms with E-state index in [1.807, 2.05) is 30.3 Å². The summed E-state index contributed by atoms with van der Waals surface area (Å²) in [6.45, 7) is 0.815. The molecular formula is C19H16ClFN2O3. The van der Waals surface area contributed by atoms with E-state index in [0.29, 0.717) is 6.54 Å². The molecular weight excluding hydrogens is 359 g/mol. The van der Waals surface area contributed by atoms with Crippen molar-refractivity contribution >= 4 is 23.4 Å². The quantitative estimate of drug-likeness (QED) is 0.829. The smallest absolute Gasteiger partial charge is 0.258 e. The lowest BCUT2D eigenvalue weighted by atomic mass is 9.90. The van der Waals surface area contributed by atoms with Crippen molar-refractivity contribution in [2.24, 2.45) is 0 Å². The van der Waals surface area contributed by atoms with Gasteiger partial charge in [-0.2, -0.15) is 0 Å². The van der Waals surface area contributed by atoms with Gasteiger partial charge in [-0.25, -0.2) is 9.45 Å². The van der Waals surface area contributed by atoms with Crippen LogP contribution in [0.5, 0.6) is 0 Å². The van der Waals surface area contributed by atoms with Crippen LogP contribution in [0.25, 0.3) is 0 Å².